The summed E-state index contributed by atoms with van der Waals surface area (Å²) in [4.78, 5) is 41.1. The first kappa shape index (κ1) is 25.9. The molecular weight excluding hydrogens is 477 g/mol. The molecule has 0 saturated carbocycles. The molecule has 1 aromatic heterocycles. The number of halogens is 1. The Morgan fingerprint density at radius 3 is 2.30 bits per heavy atom. The molecule has 2 amide bonds. The number of anilines is 3. The lowest BCUT2D eigenvalue weighted by Gasteiger charge is -2.36. The van der Waals surface area contributed by atoms with Gasteiger partial charge in [0.1, 0.15) is 12.4 Å². The maximum absolute atomic E-state index is 13.3. The summed E-state index contributed by atoms with van der Waals surface area (Å²) in [6.45, 7) is 4.90. The maximum atomic E-state index is 13.3. The number of nitrogens with zero attached hydrogens (tertiary/aromatic N) is 3. The van der Waals surface area contributed by atoms with Crippen LogP contribution in [0.5, 0.6) is 5.75 Å². The minimum atomic E-state index is -0.284. The molecule has 9 nitrogen and oxygen atoms in total. The van der Waals surface area contributed by atoms with E-state index in [1.54, 1.807) is 47.2 Å². The number of amides is 2. The number of rotatable bonds is 8. The van der Waals surface area contributed by atoms with E-state index in [0.717, 1.165) is 31.9 Å². The van der Waals surface area contributed by atoms with Gasteiger partial charge in [-0.3, -0.25) is 19.3 Å². The number of nitrogens with one attached hydrogen (secondary N) is 2. The molecule has 1 aliphatic heterocycles. The van der Waals surface area contributed by atoms with Crippen LogP contribution in [0.15, 0.2) is 65.6 Å². The molecule has 1 aliphatic rings. The highest BCUT2D eigenvalue weighted by Crippen LogP contribution is 2.19. The minimum Gasteiger partial charge on any atom is -0.491 e. The maximum Gasteiger partial charge on any atom is 0.244 e. The number of carbonyl (C=O) groups excluding carboxylic acids is 2. The average Bonchev–Trinajstić information content (AvgIpc) is 2.86. The summed E-state index contributed by atoms with van der Waals surface area (Å²) in [6, 6.07) is 14.8. The first-order chi connectivity index (χ1) is 17.8. The van der Waals surface area contributed by atoms with Crippen LogP contribution in [0.3, 0.4) is 0 Å². The van der Waals surface area contributed by atoms with Crippen molar-refractivity contribution in [2.75, 3.05) is 48.8 Å². The highest BCUT2D eigenvalue weighted by atomic mass is 19.1. The van der Waals surface area contributed by atoms with E-state index in [2.05, 4.69) is 20.4 Å². The van der Waals surface area contributed by atoms with Crippen molar-refractivity contribution in [3.8, 4) is 5.75 Å². The lowest BCUT2D eigenvalue weighted by atomic mass is 10.2. The number of carbonyl (C=O) groups is 2. The van der Waals surface area contributed by atoms with E-state index in [0.29, 0.717) is 23.6 Å². The van der Waals surface area contributed by atoms with Crippen LogP contribution in [-0.2, 0) is 22.7 Å². The number of ether oxygens (including phenoxy) is 1. The van der Waals surface area contributed by atoms with Gasteiger partial charge in [0.05, 0.1) is 13.3 Å². The molecular formula is C27H30FN5O4. The zero-order chi connectivity index (χ0) is 26.4. The summed E-state index contributed by atoms with van der Waals surface area (Å²) < 4.78 is 20.2. The predicted molar refractivity (Wildman–Crippen MR) is 141 cm³/mol. The van der Waals surface area contributed by atoms with Crippen molar-refractivity contribution in [3.63, 3.8) is 0 Å². The van der Waals surface area contributed by atoms with Gasteiger partial charge < -0.3 is 24.8 Å². The lowest BCUT2D eigenvalue weighted by Crippen LogP contribution is -2.46. The smallest absolute Gasteiger partial charge is 0.244 e. The second kappa shape index (κ2) is 11.7. The van der Waals surface area contributed by atoms with Gasteiger partial charge in [-0.1, -0.05) is 6.07 Å². The predicted octanol–water partition coefficient (Wildman–Crippen LogP) is 2.92. The van der Waals surface area contributed by atoms with Crippen molar-refractivity contribution >= 4 is 28.9 Å². The highest BCUT2D eigenvalue weighted by Gasteiger charge is 2.20. The summed E-state index contributed by atoms with van der Waals surface area (Å²) >= 11 is 0. The van der Waals surface area contributed by atoms with Crippen LogP contribution in [0, 0.1) is 5.82 Å². The van der Waals surface area contributed by atoms with Gasteiger partial charge in [0.25, 0.3) is 0 Å². The number of aromatic nitrogens is 1. The Morgan fingerprint density at radius 2 is 1.65 bits per heavy atom. The molecule has 3 aromatic rings. The third kappa shape index (κ3) is 6.95. The van der Waals surface area contributed by atoms with Crippen LogP contribution >= 0.6 is 0 Å². The van der Waals surface area contributed by atoms with Gasteiger partial charge in [-0.05, 0) is 42.5 Å². The normalized spacial score (nSPS) is 13.8. The Morgan fingerprint density at radius 1 is 0.973 bits per heavy atom. The average molecular weight is 508 g/mol. The SMILES string of the molecule is COc1cn(CC(=O)Nc2cccc(NC(C)=O)c2)c(CN2CCN(c3ccc(F)cc3)CC2)cc1=O. The molecule has 0 atom stereocenters. The van der Waals surface area contributed by atoms with E-state index < -0.39 is 0 Å². The highest BCUT2D eigenvalue weighted by molar-refractivity contribution is 5.93. The Bertz CT molecular complexity index is 1320. The molecule has 4 rings (SSSR count). The topological polar surface area (TPSA) is 95.9 Å². The van der Waals surface area contributed by atoms with Crippen molar-refractivity contribution in [1.82, 2.24) is 9.47 Å². The fourth-order valence-electron chi connectivity index (χ4n) is 4.31. The summed E-state index contributed by atoms with van der Waals surface area (Å²) in [5, 5.41) is 5.53. The van der Waals surface area contributed by atoms with Crippen LogP contribution < -0.4 is 25.7 Å². The van der Waals surface area contributed by atoms with Crippen LogP contribution in [-0.4, -0.2) is 54.6 Å². The Kier molecular flexibility index (Phi) is 8.19. The van der Waals surface area contributed by atoms with Crippen LogP contribution in [0.1, 0.15) is 12.6 Å². The van der Waals surface area contributed by atoms with Gasteiger partial charge in [-0.2, -0.15) is 0 Å². The van der Waals surface area contributed by atoms with Crippen LogP contribution in [0.25, 0.3) is 0 Å². The van der Waals surface area contributed by atoms with Gasteiger partial charge >= 0.3 is 0 Å². The summed E-state index contributed by atoms with van der Waals surface area (Å²) in [6.07, 6.45) is 1.56. The number of methoxy groups -OCH3 is 1. The molecule has 2 aromatic carbocycles. The third-order valence-electron chi connectivity index (χ3n) is 6.13. The van der Waals surface area contributed by atoms with Gasteiger partial charge in [0.15, 0.2) is 5.75 Å². The molecule has 0 unspecified atom stereocenters. The molecule has 1 fully saturated rings. The van der Waals surface area contributed by atoms with Gasteiger partial charge in [-0.15, -0.1) is 0 Å². The first-order valence-electron chi connectivity index (χ1n) is 12.0. The van der Waals surface area contributed by atoms with Gasteiger partial charge in [0.2, 0.25) is 17.2 Å². The summed E-state index contributed by atoms with van der Waals surface area (Å²) in [7, 11) is 1.42. The Labute approximate surface area is 214 Å². The van der Waals surface area contributed by atoms with E-state index in [4.69, 9.17) is 4.74 Å². The van der Waals surface area contributed by atoms with E-state index in [9.17, 15) is 18.8 Å². The number of pyridine rings is 1. The largest absolute Gasteiger partial charge is 0.491 e. The molecule has 10 heteroatoms. The van der Waals surface area contributed by atoms with Crippen molar-refractivity contribution in [1.29, 1.82) is 0 Å². The van der Waals surface area contributed by atoms with E-state index in [-0.39, 0.29) is 35.4 Å². The van der Waals surface area contributed by atoms with Gasteiger partial charge in [0, 0.05) is 68.5 Å². The van der Waals surface area contributed by atoms with E-state index in [1.807, 2.05) is 0 Å². The Balaban J connectivity index is 1.44. The Hall–Kier alpha value is -4.18. The molecule has 37 heavy (non-hydrogen) atoms. The zero-order valence-corrected chi connectivity index (χ0v) is 20.9. The number of hydrogen-bond acceptors (Lipinski definition) is 6. The fourth-order valence-corrected chi connectivity index (χ4v) is 4.31. The first-order valence-corrected chi connectivity index (χ1v) is 12.0. The molecule has 1 saturated heterocycles. The van der Waals surface area contributed by atoms with Crippen molar-refractivity contribution in [2.24, 2.45) is 0 Å². The third-order valence-corrected chi connectivity index (χ3v) is 6.13. The monoisotopic (exact) mass is 507 g/mol. The molecule has 0 radical (unpaired) electrons. The lowest BCUT2D eigenvalue weighted by molar-refractivity contribution is -0.117. The second-order valence-electron chi connectivity index (χ2n) is 8.88. The molecule has 2 N–H and O–H groups in total. The fraction of sp³-hybridized carbons (Fsp3) is 0.296. The summed E-state index contributed by atoms with van der Waals surface area (Å²) in [5.74, 6) is -0.588. The van der Waals surface area contributed by atoms with Crippen LogP contribution in [0.4, 0.5) is 21.5 Å². The molecule has 0 bridgehead atoms. The quantitative estimate of drug-likeness (QED) is 0.487. The van der Waals surface area contributed by atoms with Crippen molar-refractivity contribution in [2.45, 2.75) is 20.0 Å². The van der Waals surface area contributed by atoms with E-state index >= 15 is 0 Å². The van der Waals surface area contributed by atoms with Crippen molar-refractivity contribution < 1.29 is 18.7 Å². The summed E-state index contributed by atoms with van der Waals surface area (Å²) in [5.41, 5.74) is 2.55. The molecule has 0 aliphatic carbocycles. The standard InChI is InChI=1S/C27H30FN5O4/c1-19(34)29-21-4-3-5-22(14-21)30-27(36)18-33-17-26(37-2)25(35)15-24(33)16-31-10-12-32(13-11-31)23-8-6-20(28)7-9-23/h3-9,14-15,17H,10-13,16,18H2,1-2H3,(H,29,34)(H,30,36). The zero-order valence-electron chi connectivity index (χ0n) is 20.9. The number of benzene rings is 2. The molecule has 0 spiro atoms. The molecule has 2 heterocycles. The molecule has 194 valence electrons. The second-order valence-corrected chi connectivity index (χ2v) is 8.88. The van der Waals surface area contributed by atoms with Crippen molar-refractivity contribution in [3.05, 3.63) is 82.5 Å². The number of hydrogen-bond donors (Lipinski definition) is 2. The van der Waals surface area contributed by atoms with Gasteiger partial charge in [-0.25, -0.2) is 4.39 Å². The van der Waals surface area contributed by atoms with E-state index in [1.165, 1.54) is 32.2 Å². The minimum absolute atomic E-state index is 0.0219. The number of piperazine rings is 1. The van der Waals surface area contributed by atoms with Crippen LogP contribution in [0.2, 0.25) is 0 Å².